The first-order valence-corrected chi connectivity index (χ1v) is 6.21. The lowest BCUT2D eigenvalue weighted by Gasteiger charge is -2.03. The molecule has 0 bridgehead atoms. The smallest absolute Gasteiger partial charge is 0.270 e. The van der Waals surface area contributed by atoms with Gasteiger partial charge in [0, 0.05) is 33.4 Å². The van der Waals surface area contributed by atoms with E-state index in [-0.39, 0.29) is 11.5 Å². The van der Waals surface area contributed by atoms with Crippen molar-refractivity contribution in [3.05, 3.63) is 56.0 Å². The number of benzene rings is 2. The summed E-state index contributed by atoms with van der Waals surface area (Å²) < 4.78 is 0.699. The van der Waals surface area contributed by atoms with Crippen molar-refractivity contribution in [1.29, 1.82) is 0 Å². The molecule has 1 aliphatic carbocycles. The van der Waals surface area contributed by atoms with Crippen LogP contribution in [-0.2, 0) is 0 Å². The maximum absolute atomic E-state index is 12.2. The van der Waals surface area contributed by atoms with Crippen molar-refractivity contribution in [2.24, 2.45) is 0 Å². The largest absolute Gasteiger partial charge is 0.398 e. The van der Waals surface area contributed by atoms with Gasteiger partial charge in [0.15, 0.2) is 5.78 Å². The Bertz CT molecular complexity index is 756. The third kappa shape index (κ3) is 1.64. The van der Waals surface area contributed by atoms with Crippen molar-refractivity contribution in [1.82, 2.24) is 0 Å². The number of hydrogen-bond donors (Lipinski definition) is 1. The van der Waals surface area contributed by atoms with Gasteiger partial charge in [-0.3, -0.25) is 14.9 Å². The van der Waals surface area contributed by atoms with Crippen molar-refractivity contribution in [3.63, 3.8) is 0 Å². The Kier molecular flexibility index (Phi) is 2.43. The second kappa shape index (κ2) is 3.89. The molecule has 0 spiro atoms. The van der Waals surface area contributed by atoms with E-state index in [1.165, 1.54) is 12.1 Å². The Morgan fingerprint density at radius 3 is 2.42 bits per heavy atom. The molecule has 94 valence electrons. The number of ketones is 1. The minimum absolute atomic E-state index is 0.0908. The summed E-state index contributed by atoms with van der Waals surface area (Å²) >= 11 is 3.31. The summed E-state index contributed by atoms with van der Waals surface area (Å²) in [7, 11) is 0. The third-order valence-electron chi connectivity index (χ3n) is 3.13. The standard InChI is InChI=1S/C13H7BrN2O3/c14-11-4-8-7-2-1-6(16(18)19)3-9(7)13(17)10(8)5-12(11)15/h1-5H,15H2. The Morgan fingerprint density at radius 1 is 1.05 bits per heavy atom. The predicted molar refractivity (Wildman–Crippen MR) is 74.1 cm³/mol. The molecule has 3 rings (SSSR count). The number of nitro benzene ring substituents is 1. The zero-order valence-electron chi connectivity index (χ0n) is 9.51. The number of nitrogens with zero attached hydrogens (tertiary/aromatic N) is 1. The van der Waals surface area contributed by atoms with Crippen molar-refractivity contribution in [2.75, 3.05) is 5.73 Å². The number of hydrogen-bond acceptors (Lipinski definition) is 4. The molecule has 6 heteroatoms. The van der Waals surface area contributed by atoms with Crippen molar-refractivity contribution >= 4 is 33.1 Å². The Morgan fingerprint density at radius 2 is 1.74 bits per heavy atom. The lowest BCUT2D eigenvalue weighted by molar-refractivity contribution is -0.384. The van der Waals surface area contributed by atoms with Gasteiger partial charge in [0.05, 0.1) is 4.92 Å². The number of non-ortho nitro benzene ring substituents is 1. The van der Waals surface area contributed by atoms with Gasteiger partial charge in [-0.25, -0.2) is 0 Å². The Hall–Kier alpha value is -2.21. The summed E-state index contributed by atoms with van der Waals surface area (Å²) in [6.07, 6.45) is 0. The monoisotopic (exact) mass is 318 g/mol. The first-order chi connectivity index (χ1) is 8.99. The van der Waals surface area contributed by atoms with Crippen molar-refractivity contribution in [3.8, 4) is 11.1 Å². The number of nitro groups is 1. The second-order valence-electron chi connectivity index (χ2n) is 4.24. The maximum Gasteiger partial charge on any atom is 0.270 e. The van der Waals surface area contributed by atoms with E-state index < -0.39 is 4.92 Å². The number of anilines is 1. The molecular weight excluding hydrogens is 312 g/mol. The number of rotatable bonds is 1. The SMILES string of the molecule is Nc1cc2c(cc1Br)-c1ccc([N+](=O)[O-])cc1C2=O. The van der Waals surface area contributed by atoms with Gasteiger partial charge in [0.25, 0.3) is 5.69 Å². The third-order valence-corrected chi connectivity index (χ3v) is 3.82. The molecule has 5 nitrogen and oxygen atoms in total. The molecule has 0 unspecified atom stereocenters. The zero-order valence-corrected chi connectivity index (χ0v) is 11.1. The van der Waals surface area contributed by atoms with E-state index in [0.29, 0.717) is 26.9 Å². The molecule has 1 aliphatic rings. The van der Waals surface area contributed by atoms with E-state index >= 15 is 0 Å². The highest BCUT2D eigenvalue weighted by Gasteiger charge is 2.29. The van der Waals surface area contributed by atoms with E-state index in [1.807, 2.05) is 0 Å². The molecule has 0 aliphatic heterocycles. The van der Waals surface area contributed by atoms with Gasteiger partial charge in [-0.1, -0.05) is 0 Å². The highest BCUT2D eigenvalue weighted by molar-refractivity contribution is 9.10. The normalized spacial score (nSPS) is 12.2. The van der Waals surface area contributed by atoms with Gasteiger partial charge in [0.1, 0.15) is 0 Å². The number of fused-ring (bicyclic) bond motifs is 3. The molecule has 0 amide bonds. The number of halogens is 1. The first-order valence-electron chi connectivity index (χ1n) is 5.41. The fourth-order valence-electron chi connectivity index (χ4n) is 2.21. The van der Waals surface area contributed by atoms with Crippen LogP contribution in [0.1, 0.15) is 15.9 Å². The fraction of sp³-hybridized carbons (Fsp3) is 0. The molecule has 0 aromatic heterocycles. The summed E-state index contributed by atoms with van der Waals surface area (Å²) in [5.74, 6) is -0.229. The molecule has 0 atom stereocenters. The van der Waals surface area contributed by atoms with Gasteiger partial charge >= 0.3 is 0 Å². The highest BCUT2D eigenvalue weighted by atomic mass is 79.9. The molecule has 2 N–H and O–H groups in total. The summed E-state index contributed by atoms with van der Waals surface area (Å²) in [6.45, 7) is 0. The average molecular weight is 319 g/mol. The second-order valence-corrected chi connectivity index (χ2v) is 5.09. The van der Waals surface area contributed by atoms with E-state index in [1.54, 1.807) is 18.2 Å². The van der Waals surface area contributed by atoms with Gasteiger partial charge < -0.3 is 5.73 Å². The van der Waals surface area contributed by atoms with E-state index in [2.05, 4.69) is 15.9 Å². The molecule has 0 radical (unpaired) electrons. The van der Waals surface area contributed by atoms with Crippen LogP contribution in [0.3, 0.4) is 0 Å². The van der Waals surface area contributed by atoms with Crippen LogP contribution in [0.4, 0.5) is 11.4 Å². The zero-order chi connectivity index (χ0) is 13.7. The fourth-order valence-corrected chi connectivity index (χ4v) is 2.56. The number of carbonyl (C=O) groups is 1. The van der Waals surface area contributed by atoms with Gasteiger partial charge in [-0.2, -0.15) is 0 Å². The molecule has 0 saturated heterocycles. The highest BCUT2D eigenvalue weighted by Crippen LogP contribution is 2.41. The van der Waals surface area contributed by atoms with Gasteiger partial charge in [-0.05, 0) is 45.3 Å². The van der Waals surface area contributed by atoms with Crippen LogP contribution in [0.15, 0.2) is 34.8 Å². The summed E-state index contributed by atoms with van der Waals surface area (Å²) in [6, 6.07) is 7.65. The van der Waals surface area contributed by atoms with Crippen molar-refractivity contribution < 1.29 is 9.72 Å². The topological polar surface area (TPSA) is 86.2 Å². The van der Waals surface area contributed by atoms with Crippen molar-refractivity contribution in [2.45, 2.75) is 0 Å². The quantitative estimate of drug-likeness (QED) is 0.424. The van der Waals surface area contributed by atoms with Crippen LogP contribution >= 0.6 is 15.9 Å². The minimum atomic E-state index is -0.513. The number of carbonyl (C=O) groups excluding carboxylic acids is 1. The van der Waals surface area contributed by atoms with Crippen LogP contribution in [-0.4, -0.2) is 10.7 Å². The molecule has 0 saturated carbocycles. The molecule has 0 heterocycles. The van der Waals surface area contributed by atoms with Crippen LogP contribution in [0.5, 0.6) is 0 Å². The van der Waals surface area contributed by atoms with Crippen LogP contribution in [0.25, 0.3) is 11.1 Å². The molecular formula is C13H7BrN2O3. The van der Waals surface area contributed by atoms with E-state index in [4.69, 9.17) is 5.73 Å². The first kappa shape index (κ1) is 11.9. The summed E-state index contributed by atoms with van der Waals surface area (Å²) in [5, 5.41) is 10.8. The number of nitrogens with two attached hydrogens (primary N) is 1. The lowest BCUT2D eigenvalue weighted by Crippen LogP contribution is -1.98. The minimum Gasteiger partial charge on any atom is -0.398 e. The van der Waals surface area contributed by atoms with Crippen LogP contribution in [0.2, 0.25) is 0 Å². The molecule has 2 aromatic rings. The van der Waals surface area contributed by atoms with E-state index in [0.717, 1.165) is 5.56 Å². The molecule has 2 aromatic carbocycles. The van der Waals surface area contributed by atoms with Gasteiger partial charge in [-0.15, -0.1) is 0 Å². The maximum atomic E-state index is 12.2. The summed E-state index contributed by atoms with van der Waals surface area (Å²) in [5.41, 5.74) is 8.41. The predicted octanol–water partition coefficient (Wildman–Crippen LogP) is 3.15. The van der Waals surface area contributed by atoms with E-state index in [9.17, 15) is 14.9 Å². The lowest BCUT2D eigenvalue weighted by atomic mass is 10.1. The van der Waals surface area contributed by atoms with Gasteiger partial charge in [0.2, 0.25) is 0 Å². The number of nitrogen functional groups attached to an aromatic ring is 1. The summed E-state index contributed by atoms with van der Waals surface area (Å²) in [4.78, 5) is 22.5. The molecule has 19 heavy (non-hydrogen) atoms. The van der Waals surface area contributed by atoms with Crippen LogP contribution in [0, 0.1) is 10.1 Å². The average Bonchev–Trinajstić information content (AvgIpc) is 2.64. The van der Waals surface area contributed by atoms with Crippen LogP contribution < -0.4 is 5.73 Å². The Balaban J connectivity index is 2.28. The Labute approximate surface area is 116 Å². The molecule has 0 fully saturated rings.